The van der Waals surface area contributed by atoms with Crippen LogP contribution >= 0.6 is 0 Å². The Kier molecular flexibility index (Phi) is 6.11. The Balaban J connectivity index is 4.91. The van der Waals surface area contributed by atoms with E-state index in [1.165, 1.54) is 0 Å². The lowest BCUT2D eigenvalue weighted by Crippen LogP contribution is -2.00. The lowest BCUT2D eigenvalue weighted by molar-refractivity contribution is 0.434. The van der Waals surface area contributed by atoms with E-state index in [0.717, 1.165) is 11.3 Å². The van der Waals surface area contributed by atoms with Gasteiger partial charge in [0.05, 0.1) is 5.71 Å². The average Bonchev–Trinajstić information content (AvgIpc) is 2.17. The maximum absolute atomic E-state index is 9.78. The molecule has 2 nitrogen and oxygen atoms in total. The van der Waals surface area contributed by atoms with Crippen LogP contribution in [0, 0.1) is 0 Å². The summed E-state index contributed by atoms with van der Waals surface area (Å²) in [4.78, 5) is 4.23. The summed E-state index contributed by atoms with van der Waals surface area (Å²) >= 11 is 0. The molecule has 2 heteroatoms. The predicted molar refractivity (Wildman–Crippen MR) is 67.2 cm³/mol. The van der Waals surface area contributed by atoms with E-state index in [1.807, 2.05) is 13.8 Å². The Labute approximate surface area is 92.0 Å². The third-order valence-electron chi connectivity index (χ3n) is 1.90. The molecule has 82 valence electrons. The highest BCUT2D eigenvalue weighted by Gasteiger charge is 2.02. The molecule has 0 aliphatic carbocycles. The first-order valence-corrected chi connectivity index (χ1v) is 4.87. The van der Waals surface area contributed by atoms with Crippen LogP contribution in [0.3, 0.4) is 0 Å². The third-order valence-corrected chi connectivity index (χ3v) is 1.90. The van der Waals surface area contributed by atoms with E-state index in [9.17, 15) is 5.11 Å². The summed E-state index contributed by atoms with van der Waals surface area (Å²) in [7, 11) is 0. The molecule has 0 aliphatic rings. The second-order valence-electron chi connectivity index (χ2n) is 3.36. The van der Waals surface area contributed by atoms with Crippen molar-refractivity contribution in [3.8, 4) is 0 Å². The van der Waals surface area contributed by atoms with E-state index in [4.69, 9.17) is 0 Å². The highest BCUT2D eigenvalue weighted by molar-refractivity contribution is 5.97. The molecule has 0 spiro atoms. The molecule has 0 heterocycles. The fraction of sp³-hybridized carbons (Fsp3) is 0.308. The molecular weight excluding hydrogens is 186 g/mol. The molecule has 0 atom stereocenters. The van der Waals surface area contributed by atoms with Crippen molar-refractivity contribution in [3.05, 3.63) is 48.4 Å². The summed E-state index contributed by atoms with van der Waals surface area (Å²) in [6.07, 6.45) is 5.89. The Bertz CT molecular complexity index is 332. The average molecular weight is 205 g/mol. The summed E-state index contributed by atoms with van der Waals surface area (Å²) < 4.78 is 0. The van der Waals surface area contributed by atoms with Crippen molar-refractivity contribution in [1.82, 2.24) is 0 Å². The first-order valence-electron chi connectivity index (χ1n) is 4.87. The van der Waals surface area contributed by atoms with E-state index >= 15 is 0 Å². The molecule has 0 amide bonds. The van der Waals surface area contributed by atoms with Crippen LogP contribution in [0.2, 0.25) is 0 Å². The van der Waals surface area contributed by atoms with Gasteiger partial charge in [0.1, 0.15) is 5.76 Å². The normalized spacial score (nSPS) is 14.6. The lowest BCUT2D eigenvalue weighted by Gasteiger charge is -2.04. The van der Waals surface area contributed by atoms with Crippen LogP contribution in [-0.4, -0.2) is 10.8 Å². The fourth-order valence-corrected chi connectivity index (χ4v) is 1.15. The second-order valence-corrected chi connectivity index (χ2v) is 3.36. The summed E-state index contributed by atoms with van der Waals surface area (Å²) in [5, 5.41) is 9.78. The van der Waals surface area contributed by atoms with Crippen LogP contribution < -0.4 is 0 Å². The molecule has 0 radical (unpaired) electrons. The number of allylic oxidation sites excluding steroid dienone is 6. The molecule has 0 aromatic carbocycles. The minimum absolute atomic E-state index is 0.242. The molecule has 0 saturated carbocycles. The van der Waals surface area contributed by atoms with Crippen LogP contribution in [-0.2, 0) is 0 Å². The maximum atomic E-state index is 9.78. The summed E-state index contributed by atoms with van der Waals surface area (Å²) in [6, 6.07) is 0. The zero-order chi connectivity index (χ0) is 11.8. The van der Waals surface area contributed by atoms with Crippen LogP contribution in [0.25, 0.3) is 0 Å². The number of rotatable bonds is 5. The van der Waals surface area contributed by atoms with Gasteiger partial charge in [-0.3, -0.25) is 4.99 Å². The van der Waals surface area contributed by atoms with Gasteiger partial charge in [-0.05, 0) is 38.8 Å². The van der Waals surface area contributed by atoms with Gasteiger partial charge >= 0.3 is 0 Å². The Morgan fingerprint density at radius 2 is 1.87 bits per heavy atom. The zero-order valence-electron chi connectivity index (χ0n) is 9.75. The van der Waals surface area contributed by atoms with Gasteiger partial charge in [0, 0.05) is 5.70 Å². The Morgan fingerprint density at radius 3 is 2.33 bits per heavy atom. The number of aliphatic hydroxyl groups excluding tert-OH is 1. The number of hydrogen-bond acceptors (Lipinski definition) is 2. The van der Waals surface area contributed by atoms with Crippen molar-refractivity contribution >= 4 is 5.71 Å². The molecule has 0 unspecified atom stereocenters. The lowest BCUT2D eigenvalue weighted by atomic mass is 10.1. The standard InChI is InChI=1S/C13H19NO/c1-6-8-10(3)13(15)12(5)14-11(4)9-7-2/h6-7,9,15H,1-2,8H2,3-5H3/b11-9+,13-10-,14-12-. The topological polar surface area (TPSA) is 32.6 Å². The van der Waals surface area contributed by atoms with Crippen molar-refractivity contribution in [3.63, 3.8) is 0 Å². The van der Waals surface area contributed by atoms with Gasteiger partial charge in [-0.15, -0.1) is 6.58 Å². The predicted octanol–water partition coefficient (Wildman–Crippen LogP) is 3.95. The van der Waals surface area contributed by atoms with E-state index in [0.29, 0.717) is 12.1 Å². The van der Waals surface area contributed by atoms with Gasteiger partial charge in [-0.2, -0.15) is 0 Å². The molecule has 15 heavy (non-hydrogen) atoms. The van der Waals surface area contributed by atoms with Crippen molar-refractivity contribution in [2.24, 2.45) is 4.99 Å². The molecular formula is C13H19NO. The summed E-state index contributed by atoms with van der Waals surface area (Å²) in [6.45, 7) is 12.7. The maximum Gasteiger partial charge on any atom is 0.135 e. The number of nitrogens with zero attached hydrogens (tertiary/aromatic N) is 1. The van der Waals surface area contributed by atoms with E-state index in [-0.39, 0.29) is 5.76 Å². The summed E-state index contributed by atoms with van der Waals surface area (Å²) in [5.74, 6) is 0.242. The van der Waals surface area contributed by atoms with Crippen LogP contribution in [0.15, 0.2) is 53.4 Å². The molecule has 0 aromatic heterocycles. The molecule has 1 N–H and O–H groups in total. The molecule has 0 saturated heterocycles. The smallest absolute Gasteiger partial charge is 0.135 e. The molecule has 0 aromatic rings. The Morgan fingerprint density at radius 1 is 1.27 bits per heavy atom. The number of aliphatic imine (C=N–C) groups is 1. The van der Waals surface area contributed by atoms with Crippen LogP contribution in [0.4, 0.5) is 0 Å². The second kappa shape index (κ2) is 6.82. The van der Waals surface area contributed by atoms with Crippen molar-refractivity contribution in [1.29, 1.82) is 0 Å². The van der Waals surface area contributed by atoms with Gasteiger partial charge in [0.25, 0.3) is 0 Å². The zero-order valence-corrected chi connectivity index (χ0v) is 9.75. The van der Waals surface area contributed by atoms with E-state index in [2.05, 4.69) is 18.2 Å². The van der Waals surface area contributed by atoms with Crippen molar-refractivity contribution in [2.75, 3.05) is 0 Å². The largest absolute Gasteiger partial charge is 0.506 e. The minimum atomic E-state index is 0.242. The van der Waals surface area contributed by atoms with E-state index in [1.54, 1.807) is 25.2 Å². The SMILES string of the molecule is C=C/C=C(C)/N=C(C)\C(O)=C(/C)CC=C. The van der Waals surface area contributed by atoms with Gasteiger partial charge in [-0.25, -0.2) is 0 Å². The van der Waals surface area contributed by atoms with Crippen LogP contribution in [0.1, 0.15) is 27.2 Å². The van der Waals surface area contributed by atoms with Crippen LogP contribution in [0.5, 0.6) is 0 Å². The van der Waals surface area contributed by atoms with Crippen molar-refractivity contribution in [2.45, 2.75) is 27.2 Å². The Hall–Kier alpha value is -1.57. The third kappa shape index (κ3) is 5.01. The highest BCUT2D eigenvalue weighted by atomic mass is 16.3. The first-order chi connectivity index (χ1) is 7.02. The van der Waals surface area contributed by atoms with Gasteiger partial charge in [0.2, 0.25) is 0 Å². The summed E-state index contributed by atoms with van der Waals surface area (Å²) in [5.41, 5.74) is 2.31. The van der Waals surface area contributed by atoms with Gasteiger partial charge in [0.15, 0.2) is 0 Å². The molecule has 0 rings (SSSR count). The quantitative estimate of drug-likeness (QED) is 0.313. The molecule has 0 aliphatic heterocycles. The van der Waals surface area contributed by atoms with Gasteiger partial charge < -0.3 is 5.11 Å². The minimum Gasteiger partial charge on any atom is -0.506 e. The fourth-order valence-electron chi connectivity index (χ4n) is 1.15. The monoisotopic (exact) mass is 205 g/mol. The highest BCUT2D eigenvalue weighted by Crippen LogP contribution is 2.09. The van der Waals surface area contributed by atoms with Crippen molar-refractivity contribution < 1.29 is 5.11 Å². The first kappa shape index (κ1) is 13.4. The van der Waals surface area contributed by atoms with Gasteiger partial charge in [-0.1, -0.05) is 18.7 Å². The van der Waals surface area contributed by atoms with E-state index < -0.39 is 0 Å². The number of aliphatic hydroxyl groups is 1. The molecule has 0 fully saturated rings. The molecule has 0 bridgehead atoms. The number of hydrogen-bond donors (Lipinski definition) is 1.